The summed E-state index contributed by atoms with van der Waals surface area (Å²) < 4.78 is 10.7. The van der Waals surface area contributed by atoms with Crippen molar-refractivity contribution in [3.05, 3.63) is 79.7 Å². The maximum Gasteiger partial charge on any atom is 0.316 e. The number of fused-ring (bicyclic) bond motifs is 1. The summed E-state index contributed by atoms with van der Waals surface area (Å²) in [6, 6.07) is 12.7. The average molecular weight is 594 g/mol. The van der Waals surface area contributed by atoms with Crippen molar-refractivity contribution >= 4 is 81.5 Å². The van der Waals surface area contributed by atoms with Crippen molar-refractivity contribution in [1.29, 1.82) is 0 Å². The molecule has 8 nitrogen and oxygen atoms in total. The zero-order valence-corrected chi connectivity index (χ0v) is 22.5. The molecule has 0 aliphatic carbocycles. The van der Waals surface area contributed by atoms with E-state index in [1.807, 2.05) is 0 Å². The van der Waals surface area contributed by atoms with Crippen LogP contribution in [-0.2, 0) is 9.59 Å². The number of imide groups is 1. The maximum absolute atomic E-state index is 13.0. The lowest BCUT2D eigenvalue weighted by Gasteiger charge is -2.17. The first-order chi connectivity index (χ1) is 18.1. The molecule has 0 saturated carbocycles. The molecule has 194 valence electrons. The van der Waals surface area contributed by atoms with Crippen molar-refractivity contribution in [2.24, 2.45) is 5.92 Å². The maximum atomic E-state index is 13.0. The number of ether oxygens (including phenoxy) is 2. The van der Waals surface area contributed by atoms with Crippen LogP contribution in [0.5, 0.6) is 11.5 Å². The van der Waals surface area contributed by atoms with Crippen molar-refractivity contribution in [2.45, 2.75) is 6.42 Å². The van der Waals surface area contributed by atoms with Gasteiger partial charge >= 0.3 is 5.97 Å². The highest BCUT2D eigenvalue weighted by molar-refractivity contribution is 6.56. The molecule has 0 bridgehead atoms. The number of amides is 3. The Kier molecular flexibility index (Phi) is 7.00. The van der Waals surface area contributed by atoms with E-state index in [4.69, 9.17) is 55.9 Å². The molecule has 3 aromatic carbocycles. The summed E-state index contributed by atoms with van der Waals surface area (Å²) in [6.07, 6.45) is -0.00416. The van der Waals surface area contributed by atoms with Crippen LogP contribution in [0.3, 0.4) is 0 Å². The molecule has 1 fully saturated rings. The zero-order valence-electron chi connectivity index (χ0n) is 19.5. The van der Waals surface area contributed by atoms with E-state index in [1.165, 1.54) is 36.3 Å². The fourth-order valence-electron chi connectivity index (χ4n) is 4.34. The minimum atomic E-state index is -0.720. The molecule has 5 rings (SSSR count). The molecule has 1 atom stereocenters. The second-order valence-corrected chi connectivity index (χ2v) is 9.99. The standard InChI is InChI=1S/C26H16Cl4N2O6/c1-37-16-4-2-3-14(10-16)31-11-12(9-17(31)33)26(36)38-15-7-5-13(6-8-15)32-24(34)18-19(25(32)35)21(28)23(30)22(29)20(18)27/h2-8,10,12H,9,11H2,1H3/t12-/m1/s1. The number of benzene rings is 3. The van der Waals surface area contributed by atoms with Gasteiger partial charge in [0.25, 0.3) is 11.8 Å². The van der Waals surface area contributed by atoms with Gasteiger partial charge in [-0.25, -0.2) is 4.90 Å². The molecule has 38 heavy (non-hydrogen) atoms. The quantitative estimate of drug-likeness (QED) is 0.117. The Morgan fingerprint density at radius 1 is 0.816 bits per heavy atom. The van der Waals surface area contributed by atoms with Crippen LogP contribution in [-0.4, -0.2) is 37.3 Å². The van der Waals surface area contributed by atoms with Gasteiger partial charge in [-0.15, -0.1) is 0 Å². The van der Waals surface area contributed by atoms with Gasteiger partial charge in [-0.1, -0.05) is 52.5 Å². The summed E-state index contributed by atoms with van der Waals surface area (Å²) in [6.45, 7) is 0.157. The van der Waals surface area contributed by atoms with Gasteiger partial charge in [0.2, 0.25) is 5.91 Å². The highest BCUT2D eigenvalue weighted by Crippen LogP contribution is 2.45. The molecule has 2 aliphatic rings. The number of hydrogen-bond acceptors (Lipinski definition) is 6. The summed E-state index contributed by atoms with van der Waals surface area (Å²) >= 11 is 24.5. The molecular weight excluding hydrogens is 578 g/mol. The van der Waals surface area contributed by atoms with Gasteiger partial charge in [0.1, 0.15) is 11.5 Å². The Bertz CT molecular complexity index is 1480. The summed E-state index contributed by atoms with van der Waals surface area (Å²) in [4.78, 5) is 53.8. The van der Waals surface area contributed by atoms with Gasteiger partial charge in [-0.05, 0) is 36.4 Å². The lowest BCUT2D eigenvalue weighted by Crippen LogP contribution is -2.29. The summed E-state index contributed by atoms with van der Waals surface area (Å²) in [5.41, 5.74) is 0.532. The number of esters is 1. The second kappa shape index (κ2) is 10.1. The fraction of sp³-hybridized carbons (Fsp3) is 0.154. The van der Waals surface area contributed by atoms with E-state index in [2.05, 4.69) is 0 Å². The van der Waals surface area contributed by atoms with Gasteiger partial charge in [-0.2, -0.15) is 0 Å². The third-order valence-electron chi connectivity index (χ3n) is 6.24. The van der Waals surface area contributed by atoms with Crippen molar-refractivity contribution in [3.8, 4) is 11.5 Å². The van der Waals surface area contributed by atoms with Crippen molar-refractivity contribution in [3.63, 3.8) is 0 Å². The van der Waals surface area contributed by atoms with Crippen molar-refractivity contribution in [1.82, 2.24) is 0 Å². The van der Waals surface area contributed by atoms with Crippen LogP contribution in [0.25, 0.3) is 0 Å². The molecule has 12 heteroatoms. The molecule has 0 spiro atoms. The SMILES string of the molecule is COc1cccc(N2C[C@H](C(=O)Oc3ccc(N4C(=O)c5c(Cl)c(Cl)c(Cl)c(Cl)c5C4=O)cc3)CC2=O)c1. The van der Waals surface area contributed by atoms with E-state index in [0.717, 1.165) is 4.90 Å². The molecule has 0 N–H and O–H groups in total. The van der Waals surface area contributed by atoms with Gasteiger partial charge < -0.3 is 14.4 Å². The number of anilines is 2. The third-order valence-corrected chi connectivity index (χ3v) is 8.04. The Morgan fingerprint density at radius 3 is 2.00 bits per heavy atom. The van der Waals surface area contributed by atoms with Gasteiger partial charge in [-0.3, -0.25) is 19.2 Å². The molecular formula is C26H16Cl4N2O6. The van der Waals surface area contributed by atoms with E-state index in [-0.39, 0.29) is 61.5 Å². The Hall–Kier alpha value is -3.30. The van der Waals surface area contributed by atoms with Gasteiger partial charge in [0, 0.05) is 24.7 Å². The van der Waals surface area contributed by atoms with E-state index in [1.54, 1.807) is 24.3 Å². The van der Waals surface area contributed by atoms with E-state index < -0.39 is 23.7 Å². The first-order valence-corrected chi connectivity index (χ1v) is 12.6. The van der Waals surface area contributed by atoms with Crippen LogP contribution in [0, 0.1) is 5.92 Å². The fourth-order valence-corrected chi connectivity index (χ4v) is 5.35. The molecule has 3 aromatic rings. The number of methoxy groups -OCH3 is 1. The van der Waals surface area contributed by atoms with E-state index >= 15 is 0 Å². The number of hydrogen-bond donors (Lipinski definition) is 0. The lowest BCUT2D eigenvalue weighted by molar-refractivity contribution is -0.139. The van der Waals surface area contributed by atoms with Crippen LogP contribution in [0.2, 0.25) is 20.1 Å². The van der Waals surface area contributed by atoms with Crippen LogP contribution in [0.4, 0.5) is 11.4 Å². The third kappa shape index (κ3) is 4.37. The van der Waals surface area contributed by atoms with Crippen LogP contribution in [0.15, 0.2) is 48.5 Å². The largest absolute Gasteiger partial charge is 0.497 e. The summed E-state index contributed by atoms with van der Waals surface area (Å²) in [7, 11) is 1.53. The van der Waals surface area contributed by atoms with Crippen molar-refractivity contribution in [2.75, 3.05) is 23.5 Å². The van der Waals surface area contributed by atoms with Gasteiger partial charge in [0.15, 0.2) is 0 Å². The predicted molar refractivity (Wildman–Crippen MR) is 143 cm³/mol. The minimum absolute atomic E-state index is 0.00416. The van der Waals surface area contributed by atoms with Crippen molar-refractivity contribution < 1.29 is 28.7 Å². The molecule has 1 saturated heterocycles. The average Bonchev–Trinajstić information content (AvgIpc) is 3.43. The Balaban J connectivity index is 1.30. The highest BCUT2D eigenvalue weighted by Gasteiger charge is 2.42. The first-order valence-electron chi connectivity index (χ1n) is 11.1. The predicted octanol–water partition coefficient (Wildman–Crippen LogP) is 6.07. The summed E-state index contributed by atoms with van der Waals surface area (Å²) in [5.74, 6) is -2.15. The number of carbonyl (C=O) groups is 4. The molecule has 2 heterocycles. The number of carbonyl (C=O) groups excluding carboxylic acids is 4. The lowest BCUT2D eigenvalue weighted by atomic mass is 10.1. The number of nitrogens with zero attached hydrogens (tertiary/aromatic N) is 2. The first kappa shape index (κ1) is 26.3. The Morgan fingerprint density at radius 2 is 1.42 bits per heavy atom. The molecule has 3 amide bonds. The second-order valence-electron chi connectivity index (χ2n) is 8.47. The van der Waals surface area contributed by atoms with Crippen LogP contribution < -0.4 is 19.3 Å². The van der Waals surface area contributed by atoms with Gasteiger partial charge in [0.05, 0.1) is 49.9 Å². The normalized spacial score (nSPS) is 16.8. The zero-order chi connectivity index (χ0) is 27.3. The highest BCUT2D eigenvalue weighted by atomic mass is 35.5. The van der Waals surface area contributed by atoms with Crippen LogP contribution >= 0.6 is 46.4 Å². The monoisotopic (exact) mass is 592 g/mol. The number of halogens is 4. The molecule has 0 radical (unpaired) electrons. The molecule has 0 aromatic heterocycles. The molecule has 0 unspecified atom stereocenters. The minimum Gasteiger partial charge on any atom is -0.497 e. The summed E-state index contributed by atoms with van der Waals surface area (Å²) in [5, 5.41) is -0.594. The molecule has 2 aliphatic heterocycles. The van der Waals surface area contributed by atoms with E-state index in [9.17, 15) is 19.2 Å². The number of rotatable bonds is 5. The Labute approximate surface area is 236 Å². The topological polar surface area (TPSA) is 93.2 Å². The van der Waals surface area contributed by atoms with Crippen LogP contribution in [0.1, 0.15) is 27.1 Å². The van der Waals surface area contributed by atoms with E-state index in [0.29, 0.717) is 11.4 Å². The smallest absolute Gasteiger partial charge is 0.316 e.